The smallest absolute Gasteiger partial charge is 0.344 e. The van der Waals surface area contributed by atoms with E-state index in [1.165, 1.54) is 11.1 Å². The monoisotopic (exact) mass is 725 g/mol. The highest BCUT2D eigenvalue weighted by atomic mass is 79.9. The summed E-state index contributed by atoms with van der Waals surface area (Å²) in [5.41, 5.74) is 1.09. The summed E-state index contributed by atoms with van der Waals surface area (Å²) in [4.78, 5) is 30.6. The van der Waals surface area contributed by atoms with Crippen molar-refractivity contribution in [1.82, 2.24) is 9.66 Å². The number of esters is 1. The lowest BCUT2D eigenvalue weighted by Gasteiger charge is -2.23. The highest BCUT2D eigenvalue weighted by Gasteiger charge is 2.23. The third-order valence-electron chi connectivity index (χ3n) is 6.27. The average molecular weight is 728 g/mol. The maximum absolute atomic E-state index is 13.6. The quantitative estimate of drug-likeness (QED) is 0.169. The first-order chi connectivity index (χ1) is 18.7. The molecule has 0 spiro atoms. The fourth-order valence-electron chi connectivity index (χ4n) is 4.55. The Hall–Kier alpha value is -2.24. The standard InChI is InChI=1S/C28H30Br3N3O5/c1-4-37-22-12-18(24(30)25(31)26(22)38-15-23(35)39-16(2)3)14-32-34-27(17-8-6-5-7-9-17)33-21-11-10-19(29)13-20(21)28(34)36/h10-14,16-17H,4-9,15H2,1-3H3. The van der Waals surface area contributed by atoms with Gasteiger partial charge in [0.05, 0.1) is 34.3 Å². The second-order valence-electron chi connectivity index (χ2n) is 9.51. The molecule has 1 aliphatic carbocycles. The number of aromatic nitrogens is 2. The molecule has 0 saturated heterocycles. The van der Waals surface area contributed by atoms with Crippen molar-refractivity contribution in [3.8, 4) is 11.5 Å². The Morgan fingerprint density at radius 2 is 1.87 bits per heavy atom. The Kier molecular flexibility index (Phi) is 10.2. The van der Waals surface area contributed by atoms with Gasteiger partial charge in [0.1, 0.15) is 5.82 Å². The molecule has 2 aromatic carbocycles. The molecule has 1 heterocycles. The molecule has 4 rings (SSSR count). The van der Waals surface area contributed by atoms with Crippen LogP contribution in [-0.4, -0.2) is 41.2 Å². The van der Waals surface area contributed by atoms with Crippen molar-refractivity contribution in [2.75, 3.05) is 13.2 Å². The molecule has 39 heavy (non-hydrogen) atoms. The predicted octanol–water partition coefficient (Wildman–Crippen LogP) is 7.34. The molecule has 1 aliphatic rings. The number of ether oxygens (including phenoxy) is 3. The first-order valence-corrected chi connectivity index (χ1v) is 15.3. The largest absolute Gasteiger partial charge is 0.490 e. The maximum atomic E-state index is 13.6. The number of carbonyl (C=O) groups excluding carboxylic acids is 1. The molecular weight excluding hydrogens is 698 g/mol. The van der Waals surface area contributed by atoms with Gasteiger partial charge in [-0.3, -0.25) is 4.79 Å². The van der Waals surface area contributed by atoms with Crippen molar-refractivity contribution in [2.24, 2.45) is 5.10 Å². The third kappa shape index (κ3) is 7.10. The molecule has 0 N–H and O–H groups in total. The van der Waals surface area contributed by atoms with Crippen molar-refractivity contribution in [2.45, 2.75) is 64.9 Å². The molecular formula is C28H30Br3N3O5. The number of hydrogen-bond acceptors (Lipinski definition) is 7. The Balaban J connectivity index is 1.76. The molecule has 11 heteroatoms. The van der Waals surface area contributed by atoms with Gasteiger partial charge in [0.15, 0.2) is 18.1 Å². The first kappa shape index (κ1) is 29.7. The van der Waals surface area contributed by atoms with E-state index in [1.54, 1.807) is 32.2 Å². The molecule has 0 amide bonds. The predicted molar refractivity (Wildman–Crippen MR) is 162 cm³/mol. The molecule has 208 valence electrons. The Bertz CT molecular complexity index is 1450. The minimum absolute atomic E-state index is 0.159. The van der Waals surface area contributed by atoms with Gasteiger partial charge in [0.2, 0.25) is 0 Å². The van der Waals surface area contributed by atoms with Crippen molar-refractivity contribution in [1.29, 1.82) is 0 Å². The molecule has 3 aromatic rings. The van der Waals surface area contributed by atoms with E-state index in [-0.39, 0.29) is 24.2 Å². The number of rotatable bonds is 9. The van der Waals surface area contributed by atoms with Gasteiger partial charge >= 0.3 is 5.97 Å². The number of hydrogen-bond donors (Lipinski definition) is 0. The lowest BCUT2D eigenvalue weighted by molar-refractivity contribution is -0.149. The third-order valence-corrected chi connectivity index (χ3v) is 8.91. The van der Waals surface area contributed by atoms with Gasteiger partial charge in [0, 0.05) is 20.4 Å². The van der Waals surface area contributed by atoms with Gasteiger partial charge in [0.25, 0.3) is 5.56 Å². The Labute approximate surface area is 252 Å². The molecule has 1 fully saturated rings. The van der Waals surface area contributed by atoms with E-state index in [2.05, 4.69) is 52.9 Å². The zero-order chi connectivity index (χ0) is 28.1. The summed E-state index contributed by atoms with van der Waals surface area (Å²) in [6.07, 6.45) is 6.70. The van der Waals surface area contributed by atoms with E-state index in [0.717, 1.165) is 30.2 Å². The normalized spacial score (nSPS) is 14.3. The second kappa shape index (κ2) is 13.4. The molecule has 8 nitrogen and oxygen atoms in total. The second-order valence-corrected chi connectivity index (χ2v) is 12.0. The molecule has 0 aliphatic heterocycles. The highest BCUT2D eigenvalue weighted by Crippen LogP contribution is 2.42. The van der Waals surface area contributed by atoms with Crippen LogP contribution in [0.1, 0.15) is 70.2 Å². The van der Waals surface area contributed by atoms with Crippen LogP contribution in [0.25, 0.3) is 10.9 Å². The number of halogens is 3. The van der Waals surface area contributed by atoms with Gasteiger partial charge in [-0.2, -0.15) is 9.78 Å². The zero-order valence-corrected chi connectivity index (χ0v) is 26.8. The molecule has 1 saturated carbocycles. The lowest BCUT2D eigenvalue weighted by Crippen LogP contribution is -2.25. The summed E-state index contributed by atoms with van der Waals surface area (Å²) in [6.45, 7) is 5.52. The van der Waals surface area contributed by atoms with Gasteiger partial charge in [-0.25, -0.2) is 9.78 Å². The van der Waals surface area contributed by atoms with E-state index in [1.807, 2.05) is 19.1 Å². The molecule has 0 atom stereocenters. The van der Waals surface area contributed by atoms with E-state index < -0.39 is 5.97 Å². The van der Waals surface area contributed by atoms with Crippen LogP contribution in [0.5, 0.6) is 11.5 Å². The van der Waals surface area contributed by atoms with Crippen molar-refractivity contribution >= 4 is 70.9 Å². The fourth-order valence-corrected chi connectivity index (χ4v) is 5.84. The molecule has 0 radical (unpaired) electrons. The van der Waals surface area contributed by atoms with Gasteiger partial charge in [-0.1, -0.05) is 35.2 Å². The summed E-state index contributed by atoms with van der Waals surface area (Å²) in [6, 6.07) is 7.28. The van der Waals surface area contributed by atoms with Crippen molar-refractivity contribution in [3.63, 3.8) is 0 Å². The van der Waals surface area contributed by atoms with E-state index in [4.69, 9.17) is 19.2 Å². The summed E-state index contributed by atoms with van der Waals surface area (Å²) in [7, 11) is 0. The minimum Gasteiger partial charge on any atom is -0.490 e. The van der Waals surface area contributed by atoms with E-state index in [0.29, 0.717) is 49.3 Å². The maximum Gasteiger partial charge on any atom is 0.344 e. The van der Waals surface area contributed by atoms with Crippen LogP contribution < -0.4 is 15.0 Å². The van der Waals surface area contributed by atoms with Crippen LogP contribution in [0.2, 0.25) is 0 Å². The minimum atomic E-state index is -0.480. The topological polar surface area (TPSA) is 92.0 Å². The number of carbonyl (C=O) groups is 1. The van der Waals surface area contributed by atoms with E-state index in [9.17, 15) is 9.59 Å². The molecule has 0 unspecified atom stereocenters. The van der Waals surface area contributed by atoms with Crippen LogP contribution in [0.4, 0.5) is 0 Å². The number of benzene rings is 2. The van der Waals surface area contributed by atoms with Gasteiger partial charge in [-0.15, -0.1) is 0 Å². The van der Waals surface area contributed by atoms with E-state index >= 15 is 0 Å². The zero-order valence-electron chi connectivity index (χ0n) is 22.0. The molecule has 1 aromatic heterocycles. The van der Waals surface area contributed by atoms with Crippen LogP contribution in [0.3, 0.4) is 0 Å². The van der Waals surface area contributed by atoms with Crippen molar-refractivity contribution < 1.29 is 19.0 Å². The SMILES string of the molecule is CCOc1cc(C=Nn2c(C3CCCCC3)nc3ccc(Br)cc3c2=O)c(Br)c(Br)c1OCC(=O)OC(C)C. The summed E-state index contributed by atoms with van der Waals surface area (Å²) in [5.74, 6) is 1.14. The lowest BCUT2D eigenvalue weighted by atomic mass is 9.88. The summed E-state index contributed by atoms with van der Waals surface area (Å²) < 4.78 is 20.2. The fraction of sp³-hybridized carbons (Fsp3) is 0.429. The van der Waals surface area contributed by atoms with Crippen LogP contribution in [0.15, 0.2) is 47.6 Å². The number of nitrogens with zero attached hydrogens (tertiary/aromatic N) is 3. The van der Waals surface area contributed by atoms with Crippen LogP contribution in [0, 0.1) is 0 Å². The summed E-state index contributed by atoms with van der Waals surface area (Å²) in [5, 5.41) is 5.14. The summed E-state index contributed by atoms with van der Waals surface area (Å²) >= 11 is 10.6. The van der Waals surface area contributed by atoms with Crippen LogP contribution >= 0.6 is 47.8 Å². The number of fused-ring (bicyclic) bond motifs is 1. The Morgan fingerprint density at radius 1 is 1.13 bits per heavy atom. The first-order valence-electron chi connectivity index (χ1n) is 12.9. The average Bonchev–Trinajstić information content (AvgIpc) is 2.91. The van der Waals surface area contributed by atoms with Gasteiger partial charge < -0.3 is 14.2 Å². The Morgan fingerprint density at radius 3 is 2.56 bits per heavy atom. The van der Waals surface area contributed by atoms with Gasteiger partial charge in [-0.05, 0) is 89.7 Å². The molecule has 0 bridgehead atoms. The van der Waals surface area contributed by atoms with Crippen LogP contribution in [-0.2, 0) is 9.53 Å². The highest BCUT2D eigenvalue weighted by molar-refractivity contribution is 9.13. The van der Waals surface area contributed by atoms with Crippen molar-refractivity contribution in [3.05, 3.63) is 59.4 Å².